The summed E-state index contributed by atoms with van der Waals surface area (Å²) in [5.74, 6) is -0.320. The van der Waals surface area contributed by atoms with E-state index in [1.165, 1.54) is 18.2 Å². The molecule has 5 atom stereocenters. The van der Waals surface area contributed by atoms with Crippen LogP contribution in [0.4, 0.5) is 13.2 Å². The summed E-state index contributed by atoms with van der Waals surface area (Å²) in [7, 11) is 0. The third-order valence-electron chi connectivity index (χ3n) is 6.07. The smallest absolute Gasteiger partial charge is 0.416 e. The summed E-state index contributed by atoms with van der Waals surface area (Å²) in [6.45, 7) is 3.52. The van der Waals surface area contributed by atoms with E-state index in [1.807, 2.05) is 26.0 Å². The van der Waals surface area contributed by atoms with Crippen LogP contribution in [0.25, 0.3) is 0 Å². The molecule has 0 aliphatic heterocycles. The molecule has 0 saturated heterocycles. The van der Waals surface area contributed by atoms with Crippen LogP contribution < -0.4 is 4.74 Å². The van der Waals surface area contributed by atoms with E-state index < -0.39 is 30.1 Å². The summed E-state index contributed by atoms with van der Waals surface area (Å²) < 4.78 is 43.7. The minimum absolute atomic E-state index is 0.00305. The van der Waals surface area contributed by atoms with Gasteiger partial charge in [-0.05, 0) is 43.4 Å². The van der Waals surface area contributed by atoms with Crippen LogP contribution >= 0.6 is 0 Å². The highest BCUT2D eigenvalue weighted by Gasteiger charge is 2.39. The van der Waals surface area contributed by atoms with E-state index in [0.29, 0.717) is 12.8 Å². The van der Waals surface area contributed by atoms with Gasteiger partial charge in [-0.1, -0.05) is 44.2 Å². The molecule has 0 amide bonds. The van der Waals surface area contributed by atoms with Gasteiger partial charge in [-0.25, -0.2) is 0 Å². The van der Waals surface area contributed by atoms with Gasteiger partial charge in [0, 0.05) is 24.7 Å². The quantitative estimate of drug-likeness (QED) is 0.296. The predicted molar refractivity (Wildman–Crippen MR) is 123 cm³/mol. The first-order valence-corrected chi connectivity index (χ1v) is 11.7. The van der Waals surface area contributed by atoms with Gasteiger partial charge >= 0.3 is 6.18 Å². The van der Waals surface area contributed by atoms with Crippen molar-refractivity contribution in [3.05, 3.63) is 54.1 Å². The van der Waals surface area contributed by atoms with Gasteiger partial charge in [-0.2, -0.15) is 13.2 Å². The van der Waals surface area contributed by atoms with E-state index in [-0.39, 0.29) is 42.3 Å². The van der Waals surface area contributed by atoms with Crippen LogP contribution in [0.5, 0.6) is 5.75 Å². The van der Waals surface area contributed by atoms with E-state index in [0.717, 1.165) is 25.0 Å². The van der Waals surface area contributed by atoms with Crippen molar-refractivity contribution in [1.29, 1.82) is 0 Å². The molecule has 0 radical (unpaired) electrons. The standard InChI is InChI=1S/C26H35F3O5/c1-17(2)23(31)11-6-4-3-5-10-21-22(25(33)15-24(21)32)13-12-19(30)16-34-20-9-7-8-18(14-20)26(27,28)29/h3,5,7-9,12-14,17,19,21-22,24-25,30,32-33H,4,6,10-11,15-16H2,1-2H3/b5-3-,13-12+/t19-,21-,22-,24+,25-/m1/s1. The Labute approximate surface area is 198 Å². The third-order valence-corrected chi connectivity index (χ3v) is 6.07. The second-order valence-corrected chi connectivity index (χ2v) is 9.12. The summed E-state index contributed by atoms with van der Waals surface area (Å²) >= 11 is 0. The number of hydrogen-bond donors (Lipinski definition) is 3. The van der Waals surface area contributed by atoms with Crippen LogP contribution in [0.1, 0.15) is 51.5 Å². The average Bonchev–Trinajstić information content (AvgIpc) is 3.04. The molecule has 5 nitrogen and oxygen atoms in total. The summed E-state index contributed by atoms with van der Waals surface area (Å²) in [6.07, 6.45) is 2.83. The molecular formula is C26H35F3O5. The predicted octanol–water partition coefficient (Wildman–Crippen LogP) is 4.70. The molecule has 1 aromatic rings. The molecule has 1 aliphatic carbocycles. The number of aliphatic hydroxyl groups excluding tert-OH is 3. The number of carbonyl (C=O) groups is 1. The number of allylic oxidation sites excluding steroid dienone is 2. The van der Waals surface area contributed by atoms with Gasteiger partial charge < -0.3 is 20.1 Å². The zero-order valence-electron chi connectivity index (χ0n) is 19.6. The molecule has 2 rings (SSSR count). The molecule has 0 unspecified atom stereocenters. The van der Waals surface area contributed by atoms with Crippen molar-refractivity contribution in [2.75, 3.05) is 6.61 Å². The Morgan fingerprint density at radius 1 is 1.21 bits per heavy atom. The molecule has 1 aromatic carbocycles. The fourth-order valence-electron chi connectivity index (χ4n) is 4.02. The molecule has 190 valence electrons. The van der Waals surface area contributed by atoms with E-state index in [1.54, 1.807) is 6.08 Å². The Bertz CT molecular complexity index is 834. The van der Waals surface area contributed by atoms with Gasteiger partial charge in [0.05, 0.1) is 17.8 Å². The lowest BCUT2D eigenvalue weighted by Crippen LogP contribution is -2.21. The number of rotatable bonds is 12. The number of Topliss-reactive ketones (excluding diaryl/α,β-unsaturated/α-hetero) is 1. The summed E-state index contributed by atoms with van der Waals surface area (Å²) in [5, 5.41) is 30.8. The van der Waals surface area contributed by atoms with Gasteiger partial charge in [0.25, 0.3) is 0 Å². The Balaban J connectivity index is 1.85. The molecule has 8 heteroatoms. The van der Waals surface area contributed by atoms with Gasteiger partial charge in [0.1, 0.15) is 24.2 Å². The SMILES string of the molecule is CC(C)C(=O)CCC/C=C\C[C@@H]1[C@@H](/C=C/[C@@H](O)COc2cccc(C(F)(F)F)c2)[C@H](O)C[C@@H]1O. The van der Waals surface area contributed by atoms with Crippen LogP contribution in [0.15, 0.2) is 48.6 Å². The first kappa shape index (κ1) is 28.1. The Morgan fingerprint density at radius 3 is 2.62 bits per heavy atom. The normalized spacial score (nSPS) is 24.4. The monoisotopic (exact) mass is 484 g/mol. The molecular weight excluding hydrogens is 449 g/mol. The van der Waals surface area contributed by atoms with Gasteiger partial charge in [0.2, 0.25) is 0 Å². The number of halogens is 3. The molecule has 0 heterocycles. The minimum atomic E-state index is -4.48. The fourth-order valence-corrected chi connectivity index (χ4v) is 4.02. The lowest BCUT2D eigenvalue weighted by atomic mass is 9.89. The number of ketones is 1. The van der Waals surface area contributed by atoms with Gasteiger partial charge in [-0.3, -0.25) is 4.79 Å². The molecule has 0 aromatic heterocycles. The zero-order chi connectivity index (χ0) is 25.3. The number of carbonyl (C=O) groups excluding carboxylic acids is 1. The molecule has 34 heavy (non-hydrogen) atoms. The average molecular weight is 485 g/mol. The van der Waals surface area contributed by atoms with Crippen LogP contribution in [-0.2, 0) is 11.0 Å². The van der Waals surface area contributed by atoms with Crippen LogP contribution in [0.3, 0.4) is 0 Å². The van der Waals surface area contributed by atoms with Crippen molar-refractivity contribution < 1.29 is 38.0 Å². The van der Waals surface area contributed by atoms with Crippen molar-refractivity contribution in [3.63, 3.8) is 0 Å². The molecule has 1 saturated carbocycles. The van der Waals surface area contributed by atoms with E-state index >= 15 is 0 Å². The first-order chi connectivity index (χ1) is 16.0. The molecule has 0 bridgehead atoms. The number of hydrogen-bond acceptors (Lipinski definition) is 5. The number of unbranched alkanes of at least 4 members (excludes halogenated alkanes) is 1. The maximum Gasteiger partial charge on any atom is 0.416 e. The molecule has 1 aliphatic rings. The second-order valence-electron chi connectivity index (χ2n) is 9.12. The zero-order valence-corrected chi connectivity index (χ0v) is 19.6. The molecule has 3 N–H and O–H groups in total. The summed E-state index contributed by atoms with van der Waals surface area (Å²) in [4.78, 5) is 11.6. The summed E-state index contributed by atoms with van der Waals surface area (Å²) in [6, 6.07) is 4.42. The maximum absolute atomic E-state index is 12.8. The van der Waals surface area contributed by atoms with Crippen LogP contribution in [0.2, 0.25) is 0 Å². The fraction of sp³-hybridized carbons (Fsp3) is 0.577. The topological polar surface area (TPSA) is 87.0 Å². The molecule has 1 fully saturated rings. The second kappa shape index (κ2) is 13.1. The Morgan fingerprint density at radius 2 is 1.94 bits per heavy atom. The van der Waals surface area contributed by atoms with Crippen molar-refractivity contribution >= 4 is 5.78 Å². The van der Waals surface area contributed by atoms with Crippen molar-refractivity contribution in [2.45, 2.75) is 70.4 Å². The Hall–Kier alpha value is -2.16. The van der Waals surface area contributed by atoms with E-state index in [2.05, 4.69) is 0 Å². The van der Waals surface area contributed by atoms with Gasteiger partial charge in [0.15, 0.2) is 0 Å². The van der Waals surface area contributed by atoms with Crippen LogP contribution in [-0.4, -0.2) is 46.0 Å². The number of aliphatic hydroxyl groups is 3. The highest BCUT2D eigenvalue weighted by atomic mass is 19.4. The number of benzene rings is 1. The maximum atomic E-state index is 12.8. The Kier molecular flexibility index (Phi) is 10.8. The van der Waals surface area contributed by atoms with Crippen molar-refractivity contribution in [2.24, 2.45) is 17.8 Å². The minimum Gasteiger partial charge on any atom is -0.491 e. The third kappa shape index (κ3) is 8.89. The van der Waals surface area contributed by atoms with E-state index in [4.69, 9.17) is 4.74 Å². The summed E-state index contributed by atoms with van der Waals surface area (Å²) in [5.41, 5.74) is -0.833. The van der Waals surface area contributed by atoms with Crippen molar-refractivity contribution in [3.8, 4) is 5.75 Å². The van der Waals surface area contributed by atoms with Crippen LogP contribution in [0, 0.1) is 17.8 Å². The highest BCUT2D eigenvalue weighted by Crippen LogP contribution is 2.36. The van der Waals surface area contributed by atoms with Crippen molar-refractivity contribution in [1.82, 2.24) is 0 Å². The van der Waals surface area contributed by atoms with Gasteiger partial charge in [-0.15, -0.1) is 0 Å². The number of ether oxygens (including phenoxy) is 1. The number of alkyl halides is 3. The lowest BCUT2D eigenvalue weighted by molar-refractivity contribution is -0.137. The lowest BCUT2D eigenvalue weighted by Gasteiger charge is -2.19. The molecule has 0 spiro atoms. The highest BCUT2D eigenvalue weighted by molar-refractivity contribution is 5.80. The first-order valence-electron chi connectivity index (χ1n) is 11.7. The largest absolute Gasteiger partial charge is 0.491 e. The van der Waals surface area contributed by atoms with E-state index in [9.17, 15) is 33.3 Å².